The molecule has 20 heavy (non-hydrogen) atoms. The van der Waals surface area contributed by atoms with Crippen molar-refractivity contribution >= 4 is 37.5 Å². The topological polar surface area (TPSA) is 12.0 Å². The number of halogens is 2. The molecule has 2 unspecified atom stereocenters. The molecule has 112 valence electrons. The second-order valence-corrected chi connectivity index (χ2v) is 8.81. The van der Waals surface area contributed by atoms with E-state index < -0.39 is 0 Å². The molecule has 1 aliphatic carbocycles. The Morgan fingerprint density at radius 3 is 2.45 bits per heavy atom. The highest BCUT2D eigenvalue weighted by Crippen LogP contribution is 2.38. The second kappa shape index (κ2) is 6.83. The van der Waals surface area contributed by atoms with E-state index in [0.717, 1.165) is 14.9 Å². The lowest BCUT2D eigenvalue weighted by atomic mass is 9.76. The van der Waals surface area contributed by atoms with Gasteiger partial charge in [0.25, 0.3) is 0 Å². The summed E-state index contributed by atoms with van der Waals surface area (Å²) in [5, 5.41) is 3.72. The van der Waals surface area contributed by atoms with Crippen LogP contribution in [0.25, 0.3) is 0 Å². The predicted molar refractivity (Wildman–Crippen MR) is 95.3 cm³/mol. The minimum atomic E-state index is 0.451. The Bertz CT molecular complexity index is 451. The molecule has 1 aromatic carbocycles. The molecular formula is C17H25Br2N. The smallest absolute Gasteiger partial charge is 0.0487 e. The van der Waals surface area contributed by atoms with Gasteiger partial charge in [-0.3, -0.25) is 0 Å². The predicted octanol–water partition coefficient (Wildman–Crippen LogP) is 6.62. The number of anilines is 1. The summed E-state index contributed by atoms with van der Waals surface area (Å²) in [5.41, 5.74) is 1.67. The Balaban J connectivity index is 1.97. The van der Waals surface area contributed by atoms with Crippen LogP contribution in [-0.4, -0.2) is 6.04 Å². The van der Waals surface area contributed by atoms with Gasteiger partial charge in [-0.2, -0.15) is 0 Å². The molecule has 1 nitrogen and oxygen atoms in total. The van der Waals surface area contributed by atoms with E-state index in [1.54, 1.807) is 0 Å². The maximum atomic E-state index is 3.72. The van der Waals surface area contributed by atoms with Crippen LogP contribution in [0.5, 0.6) is 0 Å². The van der Waals surface area contributed by atoms with Crippen molar-refractivity contribution in [2.75, 3.05) is 5.32 Å². The maximum Gasteiger partial charge on any atom is 0.0487 e. The SMILES string of the molecule is CC(C)(C)C1CCCC(Nc2ccc(Br)cc2Br)CC1. The van der Waals surface area contributed by atoms with E-state index in [9.17, 15) is 0 Å². The van der Waals surface area contributed by atoms with E-state index in [-0.39, 0.29) is 0 Å². The summed E-state index contributed by atoms with van der Waals surface area (Å²) in [7, 11) is 0. The lowest BCUT2D eigenvalue weighted by molar-refractivity contribution is 0.214. The highest BCUT2D eigenvalue weighted by Gasteiger charge is 2.27. The highest BCUT2D eigenvalue weighted by atomic mass is 79.9. The average molecular weight is 403 g/mol. The molecule has 1 fully saturated rings. The van der Waals surface area contributed by atoms with E-state index >= 15 is 0 Å². The third-order valence-electron chi connectivity index (χ3n) is 4.48. The van der Waals surface area contributed by atoms with Crippen molar-refractivity contribution < 1.29 is 0 Å². The molecule has 0 radical (unpaired) electrons. The molecule has 1 aromatic rings. The quantitative estimate of drug-likeness (QED) is 0.548. The molecular weight excluding hydrogens is 378 g/mol. The Hall–Kier alpha value is -0.0200. The molecule has 0 heterocycles. The van der Waals surface area contributed by atoms with Crippen LogP contribution < -0.4 is 5.32 Å². The third-order valence-corrected chi connectivity index (χ3v) is 5.63. The Morgan fingerprint density at radius 1 is 1.05 bits per heavy atom. The van der Waals surface area contributed by atoms with Gasteiger partial charge in [0.15, 0.2) is 0 Å². The lowest BCUT2D eigenvalue weighted by Gasteiger charge is -2.29. The van der Waals surface area contributed by atoms with E-state index in [0.29, 0.717) is 11.5 Å². The van der Waals surface area contributed by atoms with Crippen molar-refractivity contribution in [1.82, 2.24) is 0 Å². The molecule has 0 bridgehead atoms. The first-order valence-electron chi connectivity index (χ1n) is 7.58. The molecule has 0 aromatic heterocycles. The standard InChI is InChI=1S/C17H25Br2N/c1-17(2,3)12-5-4-6-14(9-7-12)20-16-10-8-13(18)11-15(16)19/h8,10-12,14,20H,4-7,9H2,1-3H3. The molecule has 1 saturated carbocycles. The first kappa shape index (κ1) is 16.4. The highest BCUT2D eigenvalue weighted by molar-refractivity contribution is 9.11. The zero-order chi connectivity index (χ0) is 14.8. The van der Waals surface area contributed by atoms with Gasteiger partial charge in [-0.15, -0.1) is 0 Å². The van der Waals surface area contributed by atoms with Gasteiger partial charge in [-0.1, -0.05) is 43.1 Å². The van der Waals surface area contributed by atoms with Crippen LogP contribution >= 0.6 is 31.9 Å². The van der Waals surface area contributed by atoms with E-state index in [1.807, 2.05) is 0 Å². The number of nitrogens with one attached hydrogen (secondary N) is 1. The van der Waals surface area contributed by atoms with E-state index in [4.69, 9.17) is 0 Å². The molecule has 2 atom stereocenters. The normalized spacial score (nSPS) is 24.2. The fourth-order valence-corrected chi connectivity index (χ4v) is 4.30. The number of rotatable bonds is 2. The molecule has 2 rings (SSSR count). The number of hydrogen-bond donors (Lipinski definition) is 1. The van der Waals surface area contributed by atoms with Crippen LogP contribution in [0, 0.1) is 11.3 Å². The van der Waals surface area contributed by atoms with Gasteiger partial charge in [0.2, 0.25) is 0 Å². The summed E-state index contributed by atoms with van der Waals surface area (Å²) in [6.07, 6.45) is 6.63. The first-order valence-corrected chi connectivity index (χ1v) is 9.16. The lowest BCUT2D eigenvalue weighted by Crippen LogP contribution is -2.21. The largest absolute Gasteiger partial charge is 0.381 e. The van der Waals surface area contributed by atoms with Crippen LogP contribution in [0.3, 0.4) is 0 Å². The van der Waals surface area contributed by atoms with Gasteiger partial charge in [-0.05, 0) is 71.1 Å². The van der Waals surface area contributed by atoms with E-state index in [2.05, 4.69) is 76.1 Å². The molecule has 1 aliphatic rings. The zero-order valence-corrected chi connectivity index (χ0v) is 15.9. The Labute approximate surface area is 140 Å². The average Bonchev–Trinajstić information content (AvgIpc) is 2.58. The molecule has 0 amide bonds. The van der Waals surface area contributed by atoms with Gasteiger partial charge in [0.1, 0.15) is 0 Å². The summed E-state index contributed by atoms with van der Waals surface area (Å²) < 4.78 is 2.26. The minimum absolute atomic E-state index is 0.451. The Kier molecular flexibility index (Phi) is 5.58. The van der Waals surface area contributed by atoms with Crippen molar-refractivity contribution in [3.63, 3.8) is 0 Å². The fraction of sp³-hybridized carbons (Fsp3) is 0.647. The van der Waals surface area contributed by atoms with Crippen LogP contribution in [0.4, 0.5) is 5.69 Å². The van der Waals surface area contributed by atoms with Crippen molar-refractivity contribution in [3.05, 3.63) is 27.1 Å². The number of hydrogen-bond acceptors (Lipinski definition) is 1. The maximum absolute atomic E-state index is 3.72. The van der Waals surface area contributed by atoms with Gasteiger partial charge < -0.3 is 5.32 Å². The van der Waals surface area contributed by atoms with Crippen LogP contribution in [0.2, 0.25) is 0 Å². The van der Waals surface area contributed by atoms with Crippen molar-refractivity contribution in [2.24, 2.45) is 11.3 Å². The van der Waals surface area contributed by atoms with Crippen LogP contribution in [0.1, 0.15) is 52.9 Å². The van der Waals surface area contributed by atoms with Crippen LogP contribution in [-0.2, 0) is 0 Å². The second-order valence-electron chi connectivity index (χ2n) is 7.04. The van der Waals surface area contributed by atoms with Crippen LogP contribution in [0.15, 0.2) is 27.1 Å². The summed E-state index contributed by atoms with van der Waals surface area (Å²) >= 11 is 7.15. The third kappa shape index (κ3) is 4.49. The number of benzene rings is 1. The Morgan fingerprint density at radius 2 is 1.80 bits per heavy atom. The molecule has 0 aliphatic heterocycles. The fourth-order valence-electron chi connectivity index (χ4n) is 3.14. The van der Waals surface area contributed by atoms with Gasteiger partial charge in [0, 0.05) is 20.7 Å². The molecule has 1 N–H and O–H groups in total. The van der Waals surface area contributed by atoms with Crippen molar-refractivity contribution in [2.45, 2.75) is 58.9 Å². The monoisotopic (exact) mass is 401 g/mol. The summed E-state index contributed by atoms with van der Waals surface area (Å²) in [6.45, 7) is 7.16. The molecule has 0 saturated heterocycles. The van der Waals surface area contributed by atoms with Gasteiger partial charge >= 0.3 is 0 Å². The van der Waals surface area contributed by atoms with Gasteiger partial charge in [0.05, 0.1) is 0 Å². The summed E-state index contributed by atoms with van der Waals surface area (Å²) in [4.78, 5) is 0. The molecule has 3 heteroatoms. The first-order chi connectivity index (χ1) is 9.36. The summed E-state index contributed by atoms with van der Waals surface area (Å²) in [5.74, 6) is 0.864. The molecule has 0 spiro atoms. The van der Waals surface area contributed by atoms with Crippen molar-refractivity contribution in [1.29, 1.82) is 0 Å². The van der Waals surface area contributed by atoms with Gasteiger partial charge in [-0.25, -0.2) is 0 Å². The zero-order valence-electron chi connectivity index (χ0n) is 12.7. The minimum Gasteiger partial charge on any atom is -0.381 e. The summed E-state index contributed by atoms with van der Waals surface area (Å²) in [6, 6.07) is 6.97. The van der Waals surface area contributed by atoms with Crippen molar-refractivity contribution in [3.8, 4) is 0 Å². The van der Waals surface area contributed by atoms with E-state index in [1.165, 1.54) is 37.8 Å².